The Hall–Kier alpha value is -3.30. The first-order chi connectivity index (χ1) is 10.4. The number of nitro groups is 1. The maximum absolute atomic E-state index is 13.0. The van der Waals surface area contributed by atoms with E-state index in [1.807, 2.05) is 4.98 Å². The zero-order chi connectivity index (χ0) is 16.3. The van der Waals surface area contributed by atoms with Crippen LogP contribution in [0.3, 0.4) is 0 Å². The van der Waals surface area contributed by atoms with Crippen molar-refractivity contribution >= 4 is 11.8 Å². The van der Waals surface area contributed by atoms with Crippen molar-refractivity contribution in [1.82, 2.24) is 9.55 Å². The zero-order valence-electron chi connectivity index (χ0n) is 10.8. The van der Waals surface area contributed by atoms with Gasteiger partial charge in [-0.3, -0.25) is 14.9 Å². The number of H-pyrrole nitrogens is 1. The number of hydrogen-bond donors (Lipinski definition) is 1. The number of nitro benzene ring substituents is 1. The normalized spacial score (nSPS) is 10.2. The maximum atomic E-state index is 13.0. The van der Waals surface area contributed by atoms with Crippen molar-refractivity contribution in [3.63, 3.8) is 0 Å². The number of nitrogens with one attached hydrogen (secondary N) is 1. The van der Waals surface area contributed by atoms with Gasteiger partial charge in [-0.15, -0.1) is 0 Å². The van der Waals surface area contributed by atoms with Gasteiger partial charge in [-0.2, -0.15) is 8.96 Å². The van der Waals surface area contributed by atoms with E-state index >= 15 is 0 Å². The number of halogens is 1. The minimum absolute atomic E-state index is 0.0271. The Morgan fingerprint density at radius 3 is 2.55 bits per heavy atom. The van der Waals surface area contributed by atoms with Crippen LogP contribution in [0, 0.1) is 15.9 Å². The molecule has 0 aliphatic carbocycles. The van der Waals surface area contributed by atoms with Crippen molar-refractivity contribution in [2.45, 2.75) is 6.61 Å². The number of hydrogen-bond acceptors (Lipinski definition) is 6. The summed E-state index contributed by atoms with van der Waals surface area (Å²) < 4.78 is 17.7. The lowest BCUT2D eigenvalue weighted by Gasteiger charge is -2.05. The molecule has 114 valence electrons. The van der Waals surface area contributed by atoms with Crippen LogP contribution in [0.1, 0.15) is 5.56 Å². The van der Waals surface area contributed by atoms with E-state index in [1.165, 1.54) is 24.3 Å². The van der Waals surface area contributed by atoms with Gasteiger partial charge in [-0.25, -0.2) is 9.59 Å². The van der Waals surface area contributed by atoms with Crippen molar-refractivity contribution < 1.29 is 18.8 Å². The summed E-state index contributed by atoms with van der Waals surface area (Å²) in [6.07, 6.45) is -0.825. The van der Waals surface area contributed by atoms with E-state index in [0.29, 0.717) is 11.8 Å². The van der Waals surface area contributed by atoms with Crippen LogP contribution in [0.4, 0.5) is 14.9 Å². The molecular weight excluding hydrogens is 301 g/mol. The van der Waals surface area contributed by atoms with Crippen LogP contribution in [0.5, 0.6) is 0 Å². The lowest BCUT2D eigenvalue weighted by Crippen LogP contribution is -2.41. The highest BCUT2D eigenvalue weighted by Gasteiger charge is 2.16. The van der Waals surface area contributed by atoms with E-state index in [-0.39, 0.29) is 16.9 Å². The molecule has 10 heteroatoms. The van der Waals surface area contributed by atoms with Gasteiger partial charge >= 0.3 is 17.3 Å². The van der Waals surface area contributed by atoms with Gasteiger partial charge in [0.2, 0.25) is 5.82 Å². The Labute approximate surface area is 120 Å². The highest BCUT2D eigenvalue weighted by molar-refractivity contribution is 5.69. The molecule has 0 aliphatic rings. The first kappa shape index (κ1) is 15.1. The number of benzene rings is 1. The molecule has 1 aromatic heterocycles. The predicted octanol–water partition coefficient (Wildman–Crippen LogP) is 0.769. The Balaban J connectivity index is 2.14. The van der Waals surface area contributed by atoms with Crippen molar-refractivity contribution in [3.8, 4) is 0 Å². The van der Waals surface area contributed by atoms with Gasteiger partial charge < -0.3 is 9.72 Å². The van der Waals surface area contributed by atoms with Gasteiger partial charge in [0.05, 0.1) is 4.92 Å². The summed E-state index contributed by atoms with van der Waals surface area (Å²) in [6, 6.07) is 5.07. The van der Waals surface area contributed by atoms with E-state index in [4.69, 9.17) is 4.74 Å². The van der Waals surface area contributed by atoms with Gasteiger partial charge in [0, 0.05) is 18.3 Å². The third-order valence-electron chi connectivity index (χ3n) is 2.62. The lowest BCUT2D eigenvalue weighted by molar-refractivity contribution is -0.384. The topological polar surface area (TPSA) is 124 Å². The number of rotatable bonds is 3. The average molecular weight is 309 g/mol. The van der Waals surface area contributed by atoms with Gasteiger partial charge in [0.1, 0.15) is 6.61 Å². The van der Waals surface area contributed by atoms with E-state index in [0.717, 1.165) is 0 Å². The van der Waals surface area contributed by atoms with Crippen LogP contribution < -0.4 is 11.2 Å². The molecule has 0 fully saturated rings. The second-order valence-electron chi connectivity index (χ2n) is 4.06. The van der Waals surface area contributed by atoms with Crippen molar-refractivity contribution in [2.24, 2.45) is 0 Å². The quantitative estimate of drug-likeness (QED) is 0.659. The number of aromatic nitrogens is 2. The highest BCUT2D eigenvalue weighted by atomic mass is 19.1. The third-order valence-corrected chi connectivity index (χ3v) is 2.62. The minimum Gasteiger partial charge on any atom is -0.444 e. The van der Waals surface area contributed by atoms with E-state index < -0.39 is 28.1 Å². The first-order valence-corrected chi connectivity index (χ1v) is 5.81. The molecule has 0 amide bonds. The predicted molar refractivity (Wildman–Crippen MR) is 70.0 cm³/mol. The second-order valence-corrected chi connectivity index (χ2v) is 4.06. The molecule has 0 unspecified atom stereocenters. The SMILES string of the molecule is O=C(OCc1ccc([N+](=O)[O-])cc1)n1c(=O)[nH]cc(F)c1=O. The van der Waals surface area contributed by atoms with Crippen LogP contribution in [-0.4, -0.2) is 20.6 Å². The summed E-state index contributed by atoms with van der Waals surface area (Å²) in [7, 11) is 0. The summed E-state index contributed by atoms with van der Waals surface area (Å²) in [6.45, 7) is -0.348. The molecule has 0 bridgehead atoms. The monoisotopic (exact) mass is 309 g/mol. The average Bonchev–Trinajstić information content (AvgIpc) is 2.49. The molecule has 0 radical (unpaired) electrons. The van der Waals surface area contributed by atoms with Crippen LogP contribution >= 0.6 is 0 Å². The Kier molecular flexibility index (Phi) is 4.11. The summed E-state index contributed by atoms with van der Waals surface area (Å²) in [5.41, 5.74) is -2.33. The summed E-state index contributed by atoms with van der Waals surface area (Å²) in [4.78, 5) is 46.1. The van der Waals surface area contributed by atoms with E-state index in [1.54, 1.807) is 0 Å². The Morgan fingerprint density at radius 1 is 1.32 bits per heavy atom. The molecule has 1 N–H and O–H groups in total. The van der Waals surface area contributed by atoms with Gasteiger partial charge in [-0.1, -0.05) is 0 Å². The van der Waals surface area contributed by atoms with Crippen LogP contribution in [0.25, 0.3) is 0 Å². The van der Waals surface area contributed by atoms with Crippen LogP contribution in [0.2, 0.25) is 0 Å². The van der Waals surface area contributed by atoms with Gasteiger partial charge in [0.15, 0.2) is 0 Å². The number of ether oxygens (including phenoxy) is 1. The Morgan fingerprint density at radius 2 is 1.95 bits per heavy atom. The summed E-state index contributed by atoms with van der Waals surface area (Å²) in [5.74, 6) is -1.31. The molecule has 2 aromatic rings. The van der Waals surface area contributed by atoms with E-state index in [2.05, 4.69) is 0 Å². The minimum atomic E-state index is -1.43. The molecular formula is C12H8FN3O6. The van der Waals surface area contributed by atoms with Crippen LogP contribution in [-0.2, 0) is 11.3 Å². The molecule has 1 aromatic carbocycles. The molecule has 2 rings (SSSR count). The molecule has 22 heavy (non-hydrogen) atoms. The van der Waals surface area contributed by atoms with Gasteiger partial charge in [-0.05, 0) is 17.7 Å². The molecule has 0 saturated carbocycles. The number of aromatic amines is 1. The number of non-ortho nitro benzene ring substituents is 1. The number of carbonyl (C=O) groups is 1. The molecule has 0 saturated heterocycles. The third kappa shape index (κ3) is 3.06. The van der Waals surface area contributed by atoms with E-state index in [9.17, 15) is 28.9 Å². The Bertz CT molecular complexity index is 839. The standard InChI is InChI=1S/C12H8FN3O6/c13-9-5-14-11(18)15(10(9)17)12(19)22-6-7-1-3-8(4-2-7)16(20)21/h1-5H,6H2,(H,14,18). The summed E-state index contributed by atoms with van der Waals surface area (Å²) in [5, 5.41) is 10.5. The lowest BCUT2D eigenvalue weighted by atomic mass is 10.2. The maximum Gasteiger partial charge on any atom is 0.425 e. The van der Waals surface area contributed by atoms with Gasteiger partial charge in [0.25, 0.3) is 5.69 Å². The smallest absolute Gasteiger partial charge is 0.425 e. The first-order valence-electron chi connectivity index (χ1n) is 5.81. The fourth-order valence-electron chi connectivity index (χ4n) is 1.54. The fraction of sp³-hybridized carbons (Fsp3) is 0.0833. The largest absolute Gasteiger partial charge is 0.444 e. The molecule has 9 nitrogen and oxygen atoms in total. The van der Waals surface area contributed by atoms with Crippen molar-refractivity contribution in [1.29, 1.82) is 0 Å². The summed E-state index contributed by atoms with van der Waals surface area (Å²) >= 11 is 0. The fourth-order valence-corrected chi connectivity index (χ4v) is 1.54. The molecule has 0 aliphatic heterocycles. The zero-order valence-corrected chi connectivity index (χ0v) is 10.8. The van der Waals surface area contributed by atoms with Crippen LogP contribution in [0.15, 0.2) is 40.1 Å². The second kappa shape index (κ2) is 5.99. The van der Waals surface area contributed by atoms with Crippen molar-refractivity contribution in [2.75, 3.05) is 0 Å². The number of carbonyl (C=O) groups excluding carboxylic acids is 1. The molecule has 0 atom stereocenters. The molecule has 1 heterocycles. The number of nitrogens with zero attached hydrogens (tertiary/aromatic N) is 2. The van der Waals surface area contributed by atoms with Crippen molar-refractivity contribution in [3.05, 3.63) is 72.8 Å². The highest BCUT2D eigenvalue weighted by Crippen LogP contribution is 2.12. The molecule has 0 spiro atoms.